The van der Waals surface area contributed by atoms with Gasteiger partial charge in [-0.2, -0.15) is 0 Å². The van der Waals surface area contributed by atoms with E-state index in [0.29, 0.717) is 19.4 Å². The highest BCUT2D eigenvalue weighted by molar-refractivity contribution is 5.94. The van der Waals surface area contributed by atoms with Crippen LogP contribution in [0.25, 0.3) is 17.0 Å². The Hall–Kier alpha value is -3.79. The van der Waals surface area contributed by atoms with E-state index in [4.69, 9.17) is 4.98 Å². The second-order valence-corrected chi connectivity index (χ2v) is 11.7. The third-order valence-corrected chi connectivity index (χ3v) is 7.46. The number of nitrogens with zero attached hydrogens (tertiary/aromatic N) is 2. The molecule has 0 radical (unpaired) electrons. The van der Waals surface area contributed by atoms with Crippen molar-refractivity contribution in [1.29, 1.82) is 0 Å². The van der Waals surface area contributed by atoms with Crippen molar-refractivity contribution in [1.82, 2.24) is 26.1 Å². The molecule has 1 saturated heterocycles. The summed E-state index contributed by atoms with van der Waals surface area (Å²) >= 11 is 0. The summed E-state index contributed by atoms with van der Waals surface area (Å²) in [4.78, 5) is 55.4. The lowest BCUT2D eigenvalue weighted by Crippen LogP contribution is -2.61. The molecular formula is C31H43N5O5. The average Bonchev–Trinajstić information content (AvgIpc) is 2.93. The predicted octanol–water partition coefficient (Wildman–Crippen LogP) is 3.37. The van der Waals surface area contributed by atoms with Gasteiger partial charge in [0.15, 0.2) is 0 Å². The number of carboxylic acid groups (broad SMARTS) is 1. The van der Waals surface area contributed by atoms with E-state index in [1.165, 1.54) is 10.6 Å². The van der Waals surface area contributed by atoms with E-state index in [2.05, 4.69) is 36.0 Å². The number of pyridine rings is 1. The molecule has 2 heterocycles. The minimum atomic E-state index is -1.03. The second-order valence-electron chi connectivity index (χ2n) is 11.7. The van der Waals surface area contributed by atoms with E-state index in [1.807, 2.05) is 38.1 Å². The molecule has 222 valence electrons. The van der Waals surface area contributed by atoms with Gasteiger partial charge < -0.3 is 15.7 Å². The molecule has 4 N–H and O–H groups in total. The van der Waals surface area contributed by atoms with Gasteiger partial charge in [-0.25, -0.2) is 5.43 Å². The maximum absolute atomic E-state index is 13.3. The van der Waals surface area contributed by atoms with E-state index in [-0.39, 0.29) is 11.8 Å². The highest BCUT2D eigenvalue weighted by Gasteiger charge is 2.34. The molecular weight excluding hydrogens is 522 g/mol. The van der Waals surface area contributed by atoms with Crippen molar-refractivity contribution in [3.05, 3.63) is 47.2 Å². The number of carbonyl (C=O) groups excluding carboxylic acids is 3. The van der Waals surface area contributed by atoms with Gasteiger partial charge in [-0.05, 0) is 76.1 Å². The van der Waals surface area contributed by atoms with Crippen LogP contribution in [0.15, 0.2) is 30.3 Å². The van der Waals surface area contributed by atoms with Crippen LogP contribution in [0.2, 0.25) is 0 Å². The van der Waals surface area contributed by atoms with Crippen LogP contribution >= 0.6 is 0 Å². The Morgan fingerprint density at radius 3 is 2.51 bits per heavy atom. The maximum atomic E-state index is 13.3. The van der Waals surface area contributed by atoms with Crippen LogP contribution in [0.4, 0.5) is 0 Å². The number of carboxylic acids is 1. The zero-order valence-electron chi connectivity index (χ0n) is 25.1. The molecule has 0 spiro atoms. The van der Waals surface area contributed by atoms with Gasteiger partial charge in [-0.15, -0.1) is 0 Å². The summed E-state index contributed by atoms with van der Waals surface area (Å²) in [7, 11) is 0. The second kappa shape index (κ2) is 13.2. The number of carbonyl (C=O) groups is 4. The topological polar surface area (TPSA) is 141 Å². The number of rotatable bonds is 10. The van der Waals surface area contributed by atoms with Crippen LogP contribution in [0.5, 0.6) is 0 Å². The Kier molecular flexibility index (Phi) is 10.3. The molecule has 10 nitrogen and oxygen atoms in total. The average molecular weight is 566 g/mol. The molecule has 41 heavy (non-hydrogen) atoms. The Labute approximate surface area is 241 Å². The summed E-state index contributed by atoms with van der Waals surface area (Å²) in [6, 6.07) is 5.50. The van der Waals surface area contributed by atoms with Crippen molar-refractivity contribution in [2.24, 2.45) is 11.3 Å². The first-order chi connectivity index (χ1) is 19.2. The van der Waals surface area contributed by atoms with E-state index < -0.39 is 41.3 Å². The number of hydrogen-bond acceptors (Lipinski definition) is 6. The fourth-order valence-corrected chi connectivity index (χ4v) is 4.76. The van der Waals surface area contributed by atoms with Crippen molar-refractivity contribution in [2.45, 2.75) is 85.9 Å². The molecule has 0 bridgehead atoms. The summed E-state index contributed by atoms with van der Waals surface area (Å²) in [6.45, 7) is 13.2. The van der Waals surface area contributed by atoms with E-state index in [0.717, 1.165) is 28.6 Å². The number of hydrazine groups is 1. The van der Waals surface area contributed by atoms with Gasteiger partial charge in [-0.1, -0.05) is 45.1 Å². The van der Waals surface area contributed by atoms with E-state index >= 15 is 0 Å². The van der Waals surface area contributed by atoms with Gasteiger partial charge in [0.05, 0.1) is 10.9 Å². The summed E-state index contributed by atoms with van der Waals surface area (Å²) in [5.74, 6) is -2.52. The number of aromatic nitrogens is 1. The van der Waals surface area contributed by atoms with Gasteiger partial charge in [0, 0.05) is 17.6 Å². The first kappa shape index (κ1) is 31.7. The van der Waals surface area contributed by atoms with Crippen LogP contribution in [0, 0.1) is 18.3 Å². The lowest BCUT2D eigenvalue weighted by atomic mass is 9.89. The number of amides is 3. The molecule has 2 unspecified atom stereocenters. The number of aryl methyl sites for hydroxylation is 2. The molecule has 1 aliphatic heterocycles. The first-order valence-electron chi connectivity index (χ1n) is 14.2. The lowest BCUT2D eigenvalue weighted by Gasteiger charge is -2.34. The fourth-order valence-electron chi connectivity index (χ4n) is 4.76. The Morgan fingerprint density at radius 2 is 1.88 bits per heavy atom. The summed E-state index contributed by atoms with van der Waals surface area (Å²) in [5, 5.41) is 17.1. The van der Waals surface area contributed by atoms with Crippen molar-refractivity contribution in [3.63, 3.8) is 0 Å². The number of aliphatic carboxylic acids is 1. The Morgan fingerprint density at radius 1 is 1.17 bits per heavy atom. The van der Waals surface area contributed by atoms with Gasteiger partial charge >= 0.3 is 5.97 Å². The van der Waals surface area contributed by atoms with Crippen LogP contribution in [0.1, 0.15) is 71.2 Å². The normalized spacial score (nSPS) is 17.5. The smallest absolute Gasteiger partial charge is 0.322 e. The third kappa shape index (κ3) is 7.91. The van der Waals surface area contributed by atoms with Crippen LogP contribution in [-0.2, 0) is 25.6 Å². The molecule has 3 amide bonds. The molecule has 1 aromatic carbocycles. The van der Waals surface area contributed by atoms with E-state index in [9.17, 15) is 24.3 Å². The van der Waals surface area contributed by atoms with Gasteiger partial charge in [0.2, 0.25) is 11.8 Å². The number of nitrogens with one attached hydrogen (secondary N) is 3. The van der Waals surface area contributed by atoms with Crippen molar-refractivity contribution in [2.75, 3.05) is 6.54 Å². The highest BCUT2D eigenvalue weighted by atomic mass is 16.4. The summed E-state index contributed by atoms with van der Waals surface area (Å²) in [5.41, 5.74) is 5.82. The molecule has 1 aromatic heterocycles. The molecule has 3 atom stereocenters. The first-order valence-corrected chi connectivity index (χ1v) is 14.2. The fraction of sp³-hybridized carbons (Fsp3) is 0.516. The summed E-state index contributed by atoms with van der Waals surface area (Å²) < 4.78 is 0. The molecule has 1 fully saturated rings. The third-order valence-electron chi connectivity index (χ3n) is 7.46. The monoisotopic (exact) mass is 565 g/mol. The minimum absolute atomic E-state index is 0.242. The largest absolute Gasteiger partial charge is 0.480 e. The van der Waals surface area contributed by atoms with Crippen molar-refractivity contribution < 1.29 is 24.3 Å². The highest BCUT2D eigenvalue weighted by Crippen LogP contribution is 2.23. The number of hydrogen-bond donors (Lipinski definition) is 4. The Balaban J connectivity index is 1.66. The molecule has 0 aliphatic carbocycles. The van der Waals surface area contributed by atoms with Gasteiger partial charge in [-0.3, -0.25) is 29.2 Å². The molecule has 1 aliphatic rings. The minimum Gasteiger partial charge on any atom is -0.480 e. The molecule has 2 aromatic rings. The summed E-state index contributed by atoms with van der Waals surface area (Å²) in [6.07, 6.45) is 5.50. The van der Waals surface area contributed by atoms with E-state index in [1.54, 1.807) is 26.8 Å². The molecule has 0 saturated carbocycles. The van der Waals surface area contributed by atoms with Crippen LogP contribution < -0.4 is 16.1 Å². The number of fused-ring (bicyclic) bond motifs is 1. The quantitative estimate of drug-likeness (QED) is 0.346. The molecule has 10 heteroatoms. The van der Waals surface area contributed by atoms with Crippen LogP contribution in [0.3, 0.4) is 0 Å². The zero-order chi connectivity index (χ0) is 30.5. The van der Waals surface area contributed by atoms with Crippen LogP contribution in [-0.4, -0.2) is 63.5 Å². The predicted molar refractivity (Wildman–Crippen MR) is 159 cm³/mol. The molecule has 3 rings (SSSR count). The van der Waals surface area contributed by atoms with Crippen molar-refractivity contribution in [3.8, 4) is 0 Å². The van der Waals surface area contributed by atoms with Crippen molar-refractivity contribution >= 4 is 40.7 Å². The SMILES string of the molecule is CCc1nc2cc(/C=C/C(C)(C)C(=O)N[C@H](C(=O)NC(C)C(=O)N3CCCC(C(=O)O)N3)C(C)C)ccc2cc1C. The Bertz CT molecular complexity index is 1340. The lowest BCUT2D eigenvalue weighted by molar-refractivity contribution is -0.148. The number of benzene rings is 1. The van der Waals surface area contributed by atoms with Gasteiger partial charge in [0.1, 0.15) is 18.1 Å². The maximum Gasteiger partial charge on any atom is 0.322 e. The standard InChI is InChI=1S/C31H43N5O5/c1-8-23-19(4)16-22-12-11-21(17-25(22)33-23)13-14-31(6,7)30(41)34-26(18(2)3)27(37)32-20(5)28(38)36-15-9-10-24(35-36)29(39)40/h11-14,16-18,20,24,26,35H,8-10,15H2,1-7H3,(H,32,37)(H,34,41)(H,39,40)/b14-13+/t20?,24?,26-/m0/s1. The zero-order valence-corrected chi connectivity index (χ0v) is 25.1. The van der Waals surface area contributed by atoms with Gasteiger partial charge in [0.25, 0.3) is 5.91 Å².